The zero-order valence-electron chi connectivity index (χ0n) is 9.73. The third-order valence-electron chi connectivity index (χ3n) is 2.43. The number of aromatic nitrogens is 3. The number of rotatable bonds is 4. The average Bonchev–Trinajstić information content (AvgIpc) is 2.90. The molecule has 1 aromatic heterocycles. The lowest BCUT2D eigenvalue weighted by Gasteiger charge is -2.15. The Morgan fingerprint density at radius 1 is 1.58 bits per heavy atom. The number of carbonyl (C=O) groups excluding carboxylic acids is 1. The van der Waals surface area contributed by atoms with Gasteiger partial charge < -0.3 is 15.6 Å². The Labute approximate surface area is 113 Å². The molecule has 19 heavy (non-hydrogen) atoms. The number of ether oxygens (including phenoxy) is 1. The van der Waals surface area contributed by atoms with Crippen molar-refractivity contribution in [3.8, 4) is 5.69 Å². The molecule has 1 amide bonds. The molecule has 8 heteroatoms. The Bertz CT molecular complexity index is 573. The van der Waals surface area contributed by atoms with E-state index in [1.165, 1.54) is 17.3 Å². The zero-order valence-corrected chi connectivity index (χ0v) is 10.5. The van der Waals surface area contributed by atoms with E-state index in [4.69, 9.17) is 22.1 Å². The van der Waals surface area contributed by atoms with Crippen molar-refractivity contribution in [1.29, 1.82) is 0 Å². The predicted octanol–water partition coefficient (Wildman–Crippen LogP) is 1.05. The van der Waals surface area contributed by atoms with Gasteiger partial charge in [-0.15, -0.1) is 0 Å². The van der Waals surface area contributed by atoms with Crippen LogP contribution in [0.1, 0.15) is 11.7 Å². The fraction of sp³-hybridized carbons (Fsp3) is 0.182. The number of primary amides is 1. The molecule has 2 rings (SSSR count). The van der Waals surface area contributed by atoms with Crippen LogP contribution in [0.3, 0.4) is 0 Å². The molecule has 0 aliphatic carbocycles. The molecule has 0 bridgehead atoms. The van der Waals surface area contributed by atoms with Gasteiger partial charge in [0.25, 0.3) is 0 Å². The minimum Gasteiger partial charge on any atom is -0.439 e. The maximum Gasteiger partial charge on any atom is 0.405 e. The molecule has 3 N–H and O–H groups in total. The number of halogens is 1. The molecule has 0 saturated heterocycles. The van der Waals surface area contributed by atoms with Gasteiger partial charge in [-0.3, -0.25) is 0 Å². The minimum absolute atomic E-state index is 0.388. The molecule has 0 aliphatic heterocycles. The van der Waals surface area contributed by atoms with Crippen LogP contribution in [-0.4, -0.2) is 32.6 Å². The predicted molar refractivity (Wildman–Crippen MR) is 66.9 cm³/mol. The van der Waals surface area contributed by atoms with Gasteiger partial charge in [-0.05, 0) is 17.7 Å². The van der Waals surface area contributed by atoms with Crippen LogP contribution in [-0.2, 0) is 4.74 Å². The number of nitrogens with two attached hydrogens (primary N) is 1. The number of benzene rings is 1. The van der Waals surface area contributed by atoms with Crippen molar-refractivity contribution in [2.75, 3.05) is 6.61 Å². The lowest BCUT2D eigenvalue weighted by Crippen LogP contribution is -2.19. The van der Waals surface area contributed by atoms with Crippen LogP contribution in [0, 0.1) is 0 Å². The molecule has 0 aliphatic rings. The largest absolute Gasteiger partial charge is 0.439 e. The fourth-order valence-corrected chi connectivity index (χ4v) is 1.79. The molecule has 1 aromatic carbocycles. The van der Waals surface area contributed by atoms with Crippen LogP contribution in [0.4, 0.5) is 4.79 Å². The van der Waals surface area contributed by atoms with Gasteiger partial charge in [0.2, 0.25) is 0 Å². The summed E-state index contributed by atoms with van der Waals surface area (Å²) in [6.07, 6.45) is 1.04. The first-order valence-corrected chi connectivity index (χ1v) is 5.71. The number of nitrogens with zero attached hydrogens (tertiary/aromatic N) is 3. The van der Waals surface area contributed by atoms with Gasteiger partial charge in [0.15, 0.2) is 6.10 Å². The molecule has 0 saturated carbocycles. The average molecular weight is 283 g/mol. The summed E-state index contributed by atoms with van der Waals surface area (Å²) >= 11 is 6.06. The molecular weight excluding hydrogens is 272 g/mol. The molecule has 1 atom stereocenters. The number of hydrogen-bond acceptors (Lipinski definition) is 5. The number of aliphatic hydroxyl groups is 1. The highest BCUT2D eigenvalue weighted by atomic mass is 35.5. The standard InChI is InChI=1S/C11H11ClN4O3/c12-8-2-1-7(10(4-17)19-11(13)18)3-9(8)16-6-14-5-15-16/h1-3,5-6,10,17H,4H2,(H2,13,18)/t10-/m1/s1. The van der Waals surface area contributed by atoms with Crippen LogP contribution in [0.15, 0.2) is 30.9 Å². The van der Waals surface area contributed by atoms with E-state index in [1.54, 1.807) is 18.2 Å². The third kappa shape index (κ3) is 3.01. The van der Waals surface area contributed by atoms with Crippen LogP contribution >= 0.6 is 11.6 Å². The maximum atomic E-state index is 10.8. The van der Waals surface area contributed by atoms with Crippen LogP contribution < -0.4 is 5.73 Å². The van der Waals surface area contributed by atoms with Gasteiger partial charge >= 0.3 is 6.09 Å². The molecule has 7 nitrogen and oxygen atoms in total. The molecule has 0 unspecified atom stereocenters. The summed E-state index contributed by atoms with van der Waals surface area (Å²) in [7, 11) is 0. The Balaban J connectivity index is 2.37. The Morgan fingerprint density at radius 3 is 2.95 bits per heavy atom. The summed E-state index contributed by atoms with van der Waals surface area (Å²) in [6.45, 7) is -0.388. The Kier molecular flexibility index (Phi) is 3.98. The summed E-state index contributed by atoms with van der Waals surface area (Å²) in [5.74, 6) is 0. The molecule has 2 aromatic rings. The van der Waals surface area contributed by atoms with Gasteiger partial charge in [0, 0.05) is 0 Å². The number of hydrogen-bond donors (Lipinski definition) is 2. The minimum atomic E-state index is -0.962. The summed E-state index contributed by atoms with van der Waals surface area (Å²) < 4.78 is 6.26. The van der Waals surface area contributed by atoms with Crippen molar-refractivity contribution in [2.24, 2.45) is 5.73 Å². The summed E-state index contributed by atoms with van der Waals surface area (Å²) in [6, 6.07) is 4.88. The molecule has 100 valence electrons. The third-order valence-corrected chi connectivity index (χ3v) is 2.75. The van der Waals surface area contributed by atoms with E-state index in [2.05, 4.69) is 10.1 Å². The Morgan fingerprint density at radius 2 is 2.37 bits per heavy atom. The van der Waals surface area contributed by atoms with Crippen LogP contribution in [0.2, 0.25) is 5.02 Å². The van der Waals surface area contributed by atoms with E-state index in [0.717, 1.165) is 0 Å². The lowest BCUT2D eigenvalue weighted by molar-refractivity contribution is 0.0633. The lowest BCUT2D eigenvalue weighted by atomic mass is 10.1. The first-order chi connectivity index (χ1) is 9.11. The first-order valence-electron chi connectivity index (χ1n) is 5.33. The molecule has 0 fully saturated rings. The highest BCUT2D eigenvalue weighted by molar-refractivity contribution is 6.32. The number of aliphatic hydroxyl groups excluding tert-OH is 1. The monoisotopic (exact) mass is 282 g/mol. The second kappa shape index (κ2) is 5.68. The first kappa shape index (κ1) is 13.3. The SMILES string of the molecule is NC(=O)O[C@H](CO)c1ccc(Cl)c(-n2cncn2)c1. The quantitative estimate of drug-likeness (QED) is 0.872. The van der Waals surface area contributed by atoms with Gasteiger partial charge in [0.1, 0.15) is 12.7 Å². The summed E-state index contributed by atoms with van der Waals surface area (Å²) in [5, 5.41) is 13.6. The topological polar surface area (TPSA) is 103 Å². The van der Waals surface area contributed by atoms with Crippen molar-refractivity contribution in [3.63, 3.8) is 0 Å². The second-order valence-electron chi connectivity index (χ2n) is 3.66. The van der Waals surface area contributed by atoms with E-state index < -0.39 is 12.2 Å². The summed E-state index contributed by atoms with van der Waals surface area (Å²) in [5.41, 5.74) is 6.05. The molecular formula is C11H11ClN4O3. The van der Waals surface area contributed by atoms with Crippen LogP contribution in [0.25, 0.3) is 5.69 Å². The molecule has 0 spiro atoms. The zero-order chi connectivity index (χ0) is 13.8. The van der Waals surface area contributed by atoms with Crippen molar-refractivity contribution in [2.45, 2.75) is 6.10 Å². The van der Waals surface area contributed by atoms with E-state index in [1.807, 2.05) is 0 Å². The summed E-state index contributed by atoms with van der Waals surface area (Å²) in [4.78, 5) is 14.6. The fourth-order valence-electron chi connectivity index (χ4n) is 1.59. The molecule has 1 heterocycles. The smallest absolute Gasteiger partial charge is 0.405 e. The van der Waals surface area contributed by atoms with Gasteiger partial charge in [0.05, 0.1) is 17.3 Å². The van der Waals surface area contributed by atoms with Gasteiger partial charge in [-0.2, -0.15) is 5.10 Å². The molecule has 0 radical (unpaired) electrons. The van der Waals surface area contributed by atoms with E-state index in [9.17, 15) is 9.90 Å². The maximum absolute atomic E-state index is 10.8. The van der Waals surface area contributed by atoms with E-state index in [-0.39, 0.29) is 6.61 Å². The normalized spacial score (nSPS) is 12.1. The Hall–Kier alpha value is -2.12. The van der Waals surface area contributed by atoms with E-state index >= 15 is 0 Å². The van der Waals surface area contributed by atoms with E-state index in [0.29, 0.717) is 16.3 Å². The second-order valence-corrected chi connectivity index (χ2v) is 4.07. The number of carbonyl (C=O) groups is 1. The van der Waals surface area contributed by atoms with Gasteiger partial charge in [-0.1, -0.05) is 17.7 Å². The van der Waals surface area contributed by atoms with Crippen molar-refractivity contribution >= 4 is 17.7 Å². The van der Waals surface area contributed by atoms with Crippen LogP contribution in [0.5, 0.6) is 0 Å². The van der Waals surface area contributed by atoms with Crippen molar-refractivity contribution in [1.82, 2.24) is 14.8 Å². The highest BCUT2D eigenvalue weighted by Crippen LogP contribution is 2.25. The van der Waals surface area contributed by atoms with Crippen molar-refractivity contribution < 1.29 is 14.6 Å². The number of amides is 1. The van der Waals surface area contributed by atoms with Gasteiger partial charge in [-0.25, -0.2) is 14.5 Å². The highest BCUT2D eigenvalue weighted by Gasteiger charge is 2.16. The van der Waals surface area contributed by atoms with Crippen molar-refractivity contribution in [3.05, 3.63) is 41.4 Å².